The molecule has 6 rings (SSSR count). The Kier molecular flexibility index (Phi) is 8.25. The molecular formula is C33H33F4NO7. The molecule has 45 heavy (non-hydrogen) atoms. The molecule has 9 atom stereocenters. The molecule has 3 aromatic carbocycles. The number of ether oxygens (including phenoxy) is 1. The summed E-state index contributed by atoms with van der Waals surface area (Å²) in [6, 6.07) is 16.6. The highest BCUT2D eigenvalue weighted by Gasteiger charge is 2.88. The molecule has 1 saturated carbocycles. The molecule has 1 aliphatic carbocycles. The maximum atomic E-state index is 15.2. The lowest BCUT2D eigenvalue weighted by Gasteiger charge is -2.48. The maximum absolute atomic E-state index is 15.2. The Morgan fingerprint density at radius 1 is 0.867 bits per heavy atom. The van der Waals surface area contributed by atoms with Crippen LogP contribution in [-0.4, -0.2) is 80.0 Å². The predicted octanol–water partition coefficient (Wildman–Crippen LogP) is 3.00. The van der Waals surface area contributed by atoms with Gasteiger partial charge in [-0.25, -0.2) is 17.6 Å². The third-order valence-electron chi connectivity index (χ3n) is 9.47. The predicted molar refractivity (Wildman–Crippen MR) is 152 cm³/mol. The first-order valence-corrected chi connectivity index (χ1v) is 14.7. The average molecular weight is 632 g/mol. The Morgan fingerprint density at radius 2 is 1.47 bits per heavy atom. The van der Waals surface area contributed by atoms with Crippen molar-refractivity contribution in [3.8, 4) is 0 Å². The van der Waals surface area contributed by atoms with Crippen LogP contribution in [0.25, 0.3) is 0 Å². The fourth-order valence-corrected chi connectivity index (χ4v) is 6.92. The molecule has 2 unspecified atom stereocenters. The van der Waals surface area contributed by atoms with E-state index in [1.54, 1.807) is 17.0 Å². The first-order valence-electron chi connectivity index (χ1n) is 14.7. The molecule has 240 valence electrons. The van der Waals surface area contributed by atoms with E-state index in [1.807, 2.05) is 0 Å². The van der Waals surface area contributed by atoms with Crippen molar-refractivity contribution in [2.24, 2.45) is 5.92 Å². The SMILES string of the molecule is O=C1[C@H](CC[C@H](O)c2ccc(F)cc2)[C@@H](Cc2ccc(C3C(F)(F)C34O[C@H](CO)[C@@H](O)[C@H](O)[C@H]4O)cc2)N1c1ccc(F)cc1. The standard InChI is InChI=1S/C33H33F4NO7/c34-20-7-5-18(6-8-20)25(40)14-13-23-24(38(31(23)44)22-11-9-21(35)10-12-22)15-17-1-3-19(4-2-17)29-32(33(29,36)37)30(43)28(42)27(41)26(16-39)45-32/h1-12,23-30,39-43H,13-16H2/t23-,24-,25+,26-,27-,28+,29?,30-,32?/m1/s1. The van der Waals surface area contributed by atoms with Gasteiger partial charge in [0.2, 0.25) is 5.91 Å². The van der Waals surface area contributed by atoms with E-state index < -0.39 is 78.2 Å². The van der Waals surface area contributed by atoms with Gasteiger partial charge in [-0.2, -0.15) is 0 Å². The van der Waals surface area contributed by atoms with Gasteiger partial charge in [-0.3, -0.25) is 4.79 Å². The molecule has 1 amide bonds. The molecule has 2 heterocycles. The number of nitrogens with zero attached hydrogens (tertiary/aromatic N) is 1. The van der Waals surface area contributed by atoms with Crippen molar-refractivity contribution >= 4 is 11.6 Å². The van der Waals surface area contributed by atoms with Gasteiger partial charge in [0, 0.05) is 5.69 Å². The van der Waals surface area contributed by atoms with E-state index in [1.165, 1.54) is 60.7 Å². The van der Waals surface area contributed by atoms with Crippen molar-refractivity contribution in [3.05, 3.63) is 101 Å². The monoisotopic (exact) mass is 631 g/mol. The minimum atomic E-state index is -3.60. The summed E-state index contributed by atoms with van der Waals surface area (Å²) in [6.45, 7) is -0.832. The van der Waals surface area contributed by atoms with Gasteiger partial charge >= 0.3 is 0 Å². The number of benzene rings is 3. The topological polar surface area (TPSA) is 131 Å². The lowest BCUT2D eigenvalue weighted by Crippen LogP contribution is -2.62. The highest BCUT2D eigenvalue weighted by atomic mass is 19.3. The van der Waals surface area contributed by atoms with E-state index in [9.17, 15) is 39.1 Å². The van der Waals surface area contributed by atoms with Gasteiger partial charge < -0.3 is 35.2 Å². The summed E-state index contributed by atoms with van der Waals surface area (Å²) in [6.07, 6.45) is -7.38. The summed E-state index contributed by atoms with van der Waals surface area (Å²) in [5.74, 6) is -6.86. The van der Waals surface area contributed by atoms with Crippen LogP contribution in [0.5, 0.6) is 0 Å². The smallest absolute Gasteiger partial charge is 0.289 e. The molecule has 2 aliphatic heterocycles. The van der Waals surface area contributed by atoms with Crippen LogP contribution in [0.15, 0.2) is 72.8 Å². The molecule has 2 saturated heterocycles. The summed E-state index contributed by atoms with van der Waals surface area (Å²) in [7, 11) is 0. The molecule has 12 heteroatoms. The number of rotatable bonds is 9. The minimum Gasteiger partial charge on any atom is -0.394 e. The van der Waals surface area contributed by atoms with Crippen molar-refractivity contribution in [1.29, 1.82) is 0 Å². The van der Waals surface area contributed by atoms with E-state index in [4.69, 9.17) is 4.74 Å². The van der Waals surface area contributed by atoms with Crippen molar-refractivity contribution in [1.82, 2.24) is 0 Å². The third kappa shape index (κ3) is 5.23. The second kappa shape index (κ2) is 11.8. The van der Waals surface area contributed by atoms with Gasteiger partial charge in [0.1, 0.15) is 36.1 Å². The summed E-state index contributed by atoms with van der Waals surface area (Å²) in [5.41, 5.74) is -0.710. The Bertz CT molecular complexity index is 1520. The highest BCUT2D eigenvalue weighted by Crippen LogP contribution is 2.70. The van der Waals surface area contributed by atoms with Crippen LogP contribution < -0.4 is 4.90 Å². The normalized spacial score (nSPS) is 32.8. The van der Waals surface area contributed by atoms with Crippen LogP contribution >= 0.6 is 0 Å². The van der Waals surface area contributed by atoms with Crippen molar-refractivity contribution in [3.63, 3.8) is 0 Å². The van der Waals surface area contributed by atoms with E-state index in [-0.39, 0.29) is 17.9 Å². The third-order valence-corrected chi connectivity index (χ3v) is 9.47. The zero-order valence-electron chi connectivity index (χ0n) is 23.9. The lowest BCUT2D eigenvalue weighted by molar-refractivity contribution is -0.261. The zero-order chi connectivity index (χ0) is 32.3. The fraction of sp³-hybridized carbons (Fsp3) is 0.424. The summed E-state index contributed by atoms with van der Waals surface area (Å²) in [5, 5.41) is 50.9. The number of anilines is 1. The Labute approximate surface area is 256 Å². The Morgan fingerprint density at radius 3 is 2.07 bits per heavy atom. The van der Waals surface area contributed by atoms with Crippen molar-refractivity contribution in [2.45, 2.75) is 73.3 Å². The second-order valence-electron chi connectivity index (χ2n) is 12.1. The van der Waals surface area contributed by atoms with Crippen molar-refractivity contribution < 1.29 is 52.6 Å². The number of aliphatic hydroxyl groups excluding tert-OH is 5. The summed E-state index contributed by atoms with van der Waals surface area (Å²) < 4.78 is 62.8. The number of hydrogen-bond donors (Lipinski definition) is 5. The molecule has 1 spiro atoms. The largest absolute Gasteiger partial charge is 0.394 e. The molecule has 3 aliphatic rings. The van der Waals surface area contributed by atoms with Crippen LogP contribution in [0.1, 0.15) is 41.6 Å². The van der Waals surface area contributed by atoms with Gasteiger partial charge in [0.15, 0.2) is 5.60 Å². The number of halogens is 4. The van der Waals surface area contributed by atoms with Gasteiger partial charge in [0.05, 0.1) is 30.6 Å². The molecule has 0 aromatic heterocycles. The van der Waals surface area contributed by atoms with Crippen molar-refractivity contribution in [2.75, 3.05) is 11.5 Å². The van der Waals surface area contributed by atoms with Gasteiger partial charge in [0.25, 0.3) is 5.92 Å². The lowest BCUT2D eigenvalue weighted by atomic mass is 9.78. The highest BCUT2D eigenvalue weighted by molar-refractivity contribution is 6.03. The minimum absolute atomic E-state index is 0.113. The van der Waals surface area contributed by atoms with Crippen LogP contribution in [-0.2, 0) is 16.0 Å². The average Bonchev–Trinajstić information content (AvgIpc) is 3.53. The first kappa shape index (κ1) is 31.6. The number of carbonyl (C=O) groups is 1. The van der Waals surface area contributed by atoms with Gasteiger partial charge in [-0.1, -0.05) is 36.4 Å². The number of β-lactam (4-membered cyclic amide) rings is 1. The van der Waals surface area contributed by atoms with Crippen LogP contribution in [0.3, 0.4) is 0 Å². The summed E-state index contributed by atoms with van der Waals surface area (Å²) in [4.78, 5) is 14.8. The van der Waals surface area contributed by atoms with Crippen LogP contribution in [0.2, 0.25) is 0 Å². The second-order valence-corrected chi connectivity index (χ2v) is 12.1. The number of alkyl halides is 2. The number of amides is 1. The van der Waals surface area contributed by atoms with E-state index in [0.717, 1.165) is 0 Å². The number of hydrogen-bond acceptors (Lipinski definition) is 7. The van der Waals surface area contributed by atoms with Crippen LogP contribution in [0, 0.1) is 17.6 Å². The molecular weight excluding hydrogens is 598 g/mol. The van der Waals surface area contributed by atoms with E-state index in [2.05, 4.69) is 0 Å². The van der Waals surface area contributed by atoms with Gasteiger partial charge in [-0.15, -0.1) is 0 Å². The van der Waals surface area contributed by atoms with E-state index in [0.29, 0.717) is 29.7 Å². The molecule has 0 radical (unpaired) electrons. The fourth-order valence-electron chi connectivity index (χ4n) is 6.92. The maximum Gasteiger partial charge on any atom is 0.289 e. The Hall–Kier alpha value is -3.39. The molecule has 3 aromatic rings. The van der Waals surface area contributed by atoms with Crippen LogP contribution in [0.4, 0.5) is 23.2 Å². The number of aliphatic hydroxyl groups is 5. The first-order chi connectivity index (χ1) is 21.4. The van der Waals surface area contributed by atoms with Gasteiger partial charge in [-0.05, 0) is 72.4 Å². The quantitative estimate of drug-likeness (QED) is 0.181. The Balaban J connectivity index is 1.20. The molecule has 5 N–H and O–H groups in total. The number of carbonyl (C=O) groups excluding carboxylic acids is 1. The molecule has 8 nitrogen and oxygen atoms in total. The zero-order valence-corrected chi connectivity index (χ0v) is 23.9. The van der Waals surface area contributed by atoms with E-state index >= 15 is 8.78 Å². The molecule has 3 fully saturated rings. The molecule has 0 bridgehead atoms. The summed E-state index contributed by atoms with van der Waals surface area (Å²) >= 11 is 0.